The summed E-state index contributed by atoms with van der Waals surface area (Å²) in [4.78, 5) is 4.22. The van der Waals surface area contributed by atoms with Crippen LogP contribution in [0.25, 0.3) is 0 Å². The Morgan fingerprint density at radius 2 is 1.94 bits per heavy atom. The minimum absolute atomic E-state index is 0.846. The van der Waals surface area contributed by atoms with E-state index in [2.05, 4.69) is 28.6 Å². The van der Waals surface area contributed by atoms with Gasteiger partial charge < -0.3 is 10.6 Å². The maximum atomic E-state index is 4.22. The summed E-state index contributed by atoms with van der Waals surface area (Å²) in [5.41, 5.74) is 1.17. The zero-order valence-corrected chi connectivity index (χ0v) is 11.6. The lowest BCUT2D eigenvalue weighted by Crippen LogP contribution is -2.21. The van der Waals surface area contributed by atoms with Gasteiger partial charge in [-0.25, -0.2) is 4.98 Å². The molecular formula is C15H25N3. The van der Waals surface area contributed by atoms with Crippen molar-refractivity contribution in [2.24, 2.45) is 11.8 Å². The van der Waals surface area contributed by atoms with Gasteiger partial charge in [-0.15, -0.1) is 0 Å². The monoisotopic (exact) mass is 247 g/mol. The fourth-order valence-electron chi connectivity index (χ4n) is 2.78. The van der Waals surface area contributed by atoms with Crippen molar-refractivity contribution in [1.82, 2.24) is 4.98 Å². The zero-order valence-electron chi connectivity index (χ0n) is 11.6. The molecule has 0 atom stereocenters. The normalized spacial score (nSPS) is 23.7. The van der Waals surface area contributed by atoms with Gasteiger partial charge in [0.05, 0.1) is 0 Å². The Kier molecular flexibility index (Phi) is 4.85. The maximum absolute atomic E-state index is 4.22. The highest BCUT2D eigenvalue weighted by Crippen LogP contribution is 2.30. The molecule has 3 heteroatoms. The summed E-state index contributed by atoms with van der Waals surface area (Å²) < 4.78 is 0. The van der Waals surface area contributed by atoms with E-state index in [0.29, 0.717) is 0 Å². The van der Waals surface area contributed by atoms with Gasteiger partial charge >= 0.3 is 0 Å². The van der Waals surface area contributed by atoms with Crippen molar-refractivity contribution < 1.29 is 0 Å². The summed E-state index contributed by atoms with van der Waals surface area (Å²) >= 11 is 0. The second kappa shape index (κ2) is 6.62. The summed E-state index contributed by atoms with van der Waals surface area (Å²) in [5.74, 6) is 2.76. The molecule has 0 spiro atoms. The predicted molar refractivity (Wildman–Crippen MR) is 78.0 cm³/mol. The molecule has 0 unspecified atom stereocenters. The van der Waals surface area contributed by atoms with Gasteiger partial charge in [0.2, 0.25) is 0 Å². The molecule has 3 nitrogen and oxygen atoms in total. The fourth-order valence-corrected chi connectivity index (χ4v) is 2.78. The van der Waals surface area contributed by atoms with Gasteiger partial charge in [-0.3, -0.25) is 0 Å². The quantitative estimate of drug-likeness (QED) is 0.832. The van der Waals surface area contributed by atoms with Gasteiger partial charge in [-0.2, -0.15) is 0 Å². The molecule has 1 heterocycles. The minimum atomic E-state index is 0.846. The van der Waals surface area contributed by atoms with Crippen molar-refractivity contribution in [2.75, 3.05) is 24.2 Å². The van der Waals surface area contributed by atoms with Crippen LogP contribution in [0.4, 0.5) is 11.5 Å². The molecule has 0 aliphatic heterocycles. The molecule has 1 saturated carbocycles. The molecule has 0 amide bonds. The molecule has 0 aromatic carbocycles. The lowest BCUT2D eigenvalue weighted by molar-refractivity contribution is 0.278. The first-order chi connectivity index (χ1) is 8.81. The Morgan fingerprint density at radius 1 is 1.22 bits per heavy atom. The van der Waals surface area contributed by atoms with Crippen molar-refractivity contribution in [3.8, 4) is 0 Å². The first kappa shape index (κ1) is 13.2. The molecule has 2 rings (SSSR count). The number of aromatic nitrogens is 1. The molecule has 1 aromatic heterocycles. The summed E-state index contributed by atoms with van der Waals surface area (Å²) in [6.45, 7) is 3.42. The van der Waals surface area contributed by atoms with Crippen molar-refractivity contribution >= 4 is 11.5 Å². The Morgan fingerprint density at radius 3 is 2.61 bits per heavy atom. The van der Waals surface area contributed by atoms with Crippen LogP contribution in [0.5, 0.6) is 0 Å². The molecule has 1 aromatic rings. The van der Waals surface area contributed by atoms with E-state index < -0.39 is 0 Å². The molecule has 2 N–H and O–H groups in total. The molecule has 1 fully saturated rings. The predicted octanol–water partition coefficient (Wildman–Crippen LogP) is 3.75. The third kappa shape index (κ3) is 3.62. The molecule has 1 aliphatic carbocycles. The van der Waals surface area contributed by atoms with Crippen LogP contribution in [0.1, 0.15) is 39.0 Å². The van der Waals surface area contributed by atoms with Crippen molar-refractivity contribution in [2.45, 2.75) is 39.0 Å². The summed E-state index contributed by atoms with van der Waals surface area (Å²) in [7, 11) is 1.90. The highest BCUT2D eigenvalue weighted by Gasteiger charge is 2.19. The summed E-state index contributed by atoms with van der Waals surface area (Å²) in [6, 6.07) is 4.11. The van der Waals surface area contributed by atoms with E-state index in [1.165, 1.54) is 37.8 Å². The van der Waals surface area contributed by atoms with Gasteiger partial charge in [-0.05, 0) is 30.7 Å². The van der Waals surface area contributed by atoms with Crippen molar-refractivity contribution in [1.29, 1.82) is 0 Å². The Bertz CT molecular complexity index is 357. The maximum Gasteiger partial charge on any atom is 0.127 e. The molecule has 100 valence electrons. The van der Waals surface area contributed by atoms with Crippen LogP contribution in [-0.2, 0) is 0 Å². The minimum Gasteiger partial charge on any atom is -0.385 e. The lowest BCUT2D eigenvalue weighted by Gasteiger charge is -2.28. The van der Waals surface area contributed by atoms with Crippen LogP contribution >= 0.6 is 0 Å². The Labute approximate surface area is 110 Å². The van der Waals surface area contributed by atoms with Gasteiger partial charge in [0.1, 0.15) is 5.82 Å². The number of pyridine rings is 1. The van der Waals surface area contributed by atoms with Crippen LogP contribution in [0, 0.1) is 11.8 Å². The average molecular weight is 247 g/mol. The number of hydrogen-bond donors (Lipinski definition) is 2. The molecular weight excluding hydrogens is 222 g/mol. The third-order valence-corrected chi connectivity index (χ3v) is 4.15. The van der Waals surface area contributed by atoms with Crippen molar-refractivity contribution in [3.05, 3.63) is 18.3 Å². The number of anilines is 2. The first-order valence-electron chi connectivity index (χ1n) is 7.19. The van der Waals surface area contributed by atoms with E-state index in [0.717, 1.165) is 24.2 Å². The Hall–Kier alpha value is -1.25. The summed E-state index contributed by atoms with van der Waals surface area (Å²) in [6.07, 6.45) is 8.81. The van der Waals surface area contributed by atoms with Gasteiger partial charge in [0.15, 0.2) is 0 Å². The van der Waals surface area contributed by atoms with Crippen LogP contribution in [0.3, 0.4) is 0 Å². The second-order valence-corrected chi connectivity index (χ2v) is 5.36. The number of rotatable bonds is 5. The SMILES string of the molecule is CCC1CCC(CNc2ccnc(NC)c2)CC1. The standard InChI is InChI=1S/C15H25N3/c1-3-12-4-6-13(7-5-12)11-18-14-8-9-17-15(10-14)16-2/h8-10,12-13H,3-7,11H2,1-2H3,(H2,16,17,18). The van der Waals surface area contributed by atoms with Crippen LogP contribution in [0.15, 0.2) is 18.3 Å². The summed E-state index contributed by atoms with van der Waals surface area (Å²) in [5, 5.41) is 6.61. The second-order valence-electron chi connectivity index (χ2n) is 5.36. The van der Waals surface area contributed by atoms with E-state index in [1.807, 2.05) is 19.3 Å². The highest BCUT2D eigenvalue weighted by molar-refractivity contribution is 5.51. The van der Waals surface area contributed by atoms with E-state index >= 15 is 0 Å². The third-order valence-electron chi connectivity index (χ3n) is 4.15. The molecule has 0 bridgehead atoms. The van der Waals surface area contributed by atoms with Crippen LogP contribution < -0.4 is 10.6 Å². The average Bonchev–Trinajstić information content (AvgIpc) is 2.46. The number of nitrogens with zero attached hydrogens (tertiary/aromatic N) is 1. The largest absolute Gasteiger partial charge is 0.385 e. The van der Waals surface area contributed by atoms with E-state index in [-0.39, 0.29) is 0 Å². The zero-order chi connectivity index (χ0) is 12.8. The number of nitrogens with one attached hydrogen (secondary N) is 2. The van der Waals surface area contributed by atoms with Gasteiger partial charge in [0.25, 0.3) is 0 Å². The topological polar surface area (TPSA) is 37.0 Å². The molecule has 18 heavy (non-hydrogen) atoms. The van der Waals surface area contributed by atoms with Gasteiger partial charge in [0, 0.05) is 31.5 Å². The van der Waals surface area contributed by atoms with Crippen LogP contribution in [0.2, 0.25) is 0 Å². The van der Waals surface area contributed by atoms with E-state index in [9.17, 15) is 0 Å². The van der Waals surface area contributed by atoms with Crippen molar-refractivity contribution in [3.63, 3.8) is 0 Å². The fraction of sp³-hybridized carbons (Fsp3) is 0.667. The molecule has 1 aliphatic rings. The van der Waals surface area contributed by atoms with Crippen LogP contribution in [-0.4, -0.2) is 18.6 Å². The van der Waals surface area contributed by atoms with E-state index in [4.69, 9.17) is 0 Å². The smallest absolute Gasteiger partial charge is 0.127 e. The first-order valence-corrected chi connectivity index (χ1v) is 7.19. The molecule has 0 radical (unpaired) electrons. The highest BCUT2D eigenvalue weighted by atomic mass is 15.0. The van der Waals surface area contributed by atoms with Gasteiger partial charge in [-0.1, -0.05) is 26.2 Å². The Balaban J connectivity index is 1.77. The lowest BCUT2D eigenvalue weighted by atomic mass is 9.81. The van der Waals surface area contributed by atoms with E-state index in [1.54, 1.807) is 0 Å². The number of hydrogen-bond acceptors (Lipinski definition) is 3. The molecule has 0 saturated heterocycles.